The van der Waals surface area contributed by atoms with Gasteiger partial charge in [0, 0.05) is 6.54 Å². The van der Waals surface area contributed by atoms with Crippen LogP contribution in [0.5, 0.6) is 5.75 Å². The molecule has 10 heteroatoms. The molecule has 0 heterocycles. The summed E-state index contributed by atoms with van der Waals surface area (Å²) < 4.78 is 79.8. The third-order valence-corrected chi connectivity index (χ3v) is 5.05. The van der Waals surface area contributed by atoms with Gasteiger partial charge >= 0.3 is 5.51 Å². The van der Waals surface area contributed by atoms with Crippen LogP contribution in [0.3, 0.4) is 0 Å². The number of aliphatic hydroxyl groups is 1. The normalized spacial score (nSPS) is 13.3. The van der Waals surface area contributed by atoms with Gasteiger partial charge in [0.1, 0.15) is 16.5 Å². The number of rotatable bonds is 6. The number of hydrogen-bond donors (Lipinski definition) is 2. The Hall–Kier alpha value is -2.33. The van der Waals surface area contributed by atoms with Gasteiger partial charge in [-0.3, -0.25) is 0 Å². The molecule has 0 aliphatic carbocycles. The van der Waals surface area contributed by atoms with Gasteiger partial charge in [-0.1, -0.05) is 12.1 Å². The van der Waals surface area contributed by atoms with E-state index in [-0.39, 0.29) is 12.6 Å². The second kappa shape index (κ2) is 7.50. The smallest absolute Gasteiger partial charge is 0.497 e. The lowest BCUT2D eigenvalue weighted by Crippen LogP contribution is -2.25. The molecule has 142 valence electrons. The average Bonchev–Trinajstić information content (AvgIpc) is 2.59. The summed E-state index contributed by atoms with van der Waals surface area (Å²) in [5.41, 5.74) is -5.61. The molecule has 0 aliphatic heterocycles. The number of hydrogen-bond acceptors (Lipinski definition) is 5. The van der Waals surface area contributed by atoms with Crippen LogP contribution in [0.2, 0.25) is 0 Å². The number of benzene rings is 2. The summed E-state index contributed by atoms with van der Waals surface area (Å²) in [7, 11) is -4.29. The minimum absolute atomic E-state index is 0.283. The fourth-order valence-corrected chi connectivity index (χ4v) is 3.09. The molecule has 2 aromatic rings. The van der Waals surface area contributed by atoms with Gasteiger partial charge in [0.2, 0.25) is 0 Å². The Labute approximate surface area is 147 Å². The van der Waals surface area contributed by atoms with Crippen LogP contribution in [0.4, 0.5) is 23.2 Å². The summed E-state index contributed by atoms with van der Waals surface area (Å²) in [6.45, 7) is -0.293. The first-order valence-electron chi connectivity index (χ1n) is 7.23. The third kappa shape index (κ3) is 4.25. The SMILES string of the molecule is COc1ccc(C(O)CNc2ccc(F)cc2S(=O)(=O)C(F)(F)F)cc1. The van der Waals surface area contributed by atoms with Crippen LogP contribution < -0.4 is 10.1 Å². The zero-order chi connectivity index (χ0) is 19.5. The summed E-state index contributed by atoms with van der Waals surface area (Å²) >= 11 is 0. The number of ether oxygens (including phenoxy) is 1. The van der Waals surface area contributed by atoms with E-state index in [9.17, 15) is 31.1 Å². The number of sulfone groups is 1. The van der Waals surface area contributed by atoms with Crippen LogP contribution in [-0.2, 0) is 9.84 Å². The monoisotopic (exact) mass is 393 g/mol. The molecule has 1 atom stereocenters. The van der Waals surface area contributed by atoms with E-state index in [1.165, 1.54) is 7.11 Å². The molecule has 0 saturated heterocycles. The van der Waals surface area contributed by atoms with E-state index >= 15 is 0 Å². The van der Waals surface area contributed by atoms with E-state index in [0.717, 1.165) is 12.1 Å². The summed E-state index contributed by atoms with van der Waals surface area (Å²) in [6, 6.07) is 8.22. The minimum atomic E-state index is -5.75. The van der Waals surface area contributed by atoms with E-state index in [1.807, 2.05) is 0 Å². The molecule has 0 radical (unpaired) electrons. The van der Waals surface area contributed by atoms with Gasteiger partial charge in [-0.2, -0.15) is 13.2 Å². The molecular formula is C16H15F4NO4S. The molecule has 0 amide bonds. The van der Waals surface area contributed by atoms with Crippen molar-refractivity contribution < 1.29 is 35.8 Å². The van der Waals surface area contributed by atoms with E-state index in [2.05, 4.69) is 5.32 Å². The van der Waals surface area contributed by atoms with Crippen LogP contribution in [0, 0.1) is 5.82 Å². The number of nitrogens with one attached hydrogen (secondary N) is 1. The Morgan fingerprint density at radius 2 is 1.77 bits per heavy atom. The van der Waals surface area contributed by atoms with Gasteiger partial charge in [0.05, 0.1) is 18.9 Å². The molecule has 0 bridgehead atoms. The number of anilines is 1. The molecule has 5 nitrogen and oxygen atoms in total. The van der Waals surface area contributed by atoms with E-state index in [1.54, 1.807) is 24.3 Å². The first kappa shape index (κ1) is 20.0. The number of aliphatic hydroxyl groups excluding tert-OH is 1. The zero-order valence-corrected chi connectivity index (χ0v) is 14.2. The van der Waals surface area contributed by atoms with Crippen molar-refractivity contribution in [1.82, 2.24) is 0 Å². The first-order valence-corrected chi connectivity index (χ1v) is 8.71. The molecule has 2 N–H and O–H groups in total. The third-order valence-electron chi connectivity index (χ3n) is 3.52. The van der Waals surface area contributed by atoms with Crippen LogP contribution in [0.15, 0.2) is 47.4 Å². The van der Waals surface area contributed by atoms with Crippen molar-refractivity contribution in [3.8, 4) is 5.75 Å². The molecule has 2 aromatic carbocycles. The Morgan fingerprint density at radius 3 is 2.31 bits per heavy atom. The highest BCUT2D eigenvalue weighted by atomic mass is 32.2. The second-order valence-corrected chi connectivity index (χ2v) is 7.17. The summed E-state index contributed by atoms with van der Waals surface area (Å²) in [5, 5.41) is 12.5. The van der Waals surface area contributed by atoms with E-state index < -0.39 is 37.8 Å². The Kier molecular flexibility index (Phi) is 5.77. The highest BCUT2D eigenvalue weighted by Gasteiger charge is 2.48. The molecule has 1 unspecified atom stereocenters. The van der Waals surface area contributed by atoms with Crippen molar-refractivity contribution in [3.63, 3.8) is 0 Å². The van der Waals surface area contributed by atoms with E-state index in [4.69, 9.17) is 4.74 Å². The largest absolute Gasteiger partial charge is 0.501 e. The zero-order valence-electron chi connectivity index (χ0n) is 13.4. The Bertz CT molecular complexity index is 867. The van der Waals surface area contributed by atoms with Crippen LogP contribution >= 0.6 is 0 Å². The lowest BCUT2D eigenvalue weighted by Gasteiger charge is -2.17. The topological polar surface area (TPSA) is 75.6 Å². The lowest BCUT2D eigenvalue weighted by molar-refractivity contribution is -0.0435. The maximum atomic E-state index is 13.3. The Morgan fingerprint density at radius 1 is 1.15 bits per heavy atom. The molecule has 0 saturated carbocycles. The standard InChI is InChI=1S/C16H15F4NO4S/c1-25-12-5-2-10(3-6-12)14(22)9-21-13-7-4-11(17)8-15(13)26(23,24)16(18,19)20/h2-8,14,21-22H,9H2,1H3. The fraction of sp³-hybridized carbons (Fsp3) is 0.250. The average molecular weight is 393 g/mol. The lowest BCUT2D eigenvalue weighted by atomic mass is 10.1. The van der Waals surface area contributed by atoms with Crippen molar-refractivity contribution >= 4 is 15.5 Å². The fourth-order valence-electron chi connectivity index (χ4n) is 2.14. The molecule has 0 fully saturated rings. The summed E-state index contributed by atoms with van der Waals surface area (Å²) in [5.74, 6) is -0.583. The summed E-state index contributed by atoms with van der Waals surface area (Å²) in [4.78, 5) is -1.24. The maximum absolute atomic E-state index is 13.3. The summed E-state index contributed by atoms with van der Waals surface area (Å²) in [6.07, 6.45) is -1.15. The van der Waals surface area contributed by atoms with Gasteiger partial charge in [-0.15, -0.1) is 0 Å². The van der Waals surface area contributed by atoms with Gasteiger partial charge < -0.3 is 15.2 Å². The molecule has 2 rings (SSSR count). The molecule has 0 aliphatic rings. The Balaban J connectivity index is 2.24. The predicted molar refractivity (Wildman–Crippen MR) is 86.1 cm³/mol. The quantitative estimate of drug-likeness (QED) is 0.737. The van der Waals surface area contributed by atoms with Gasteiger partial charge in [0.15, 0.2) is 0 Å². The van der Waals surface area contributed by atoms with Crippen molar-refractivity contribution in [2.75, 3.05) is 19.0 Å². The highest BCUT2D eigenvalue weighted by molar-refractivity contribution is 7.92. The van der Waals surface area contributed by atoms with E-state index in [0.29, 0.717) is 11.3 Å². The molecular weight excluding hydrogens is 378 g/mol. The second-order valence-electron chi connectivity index (χ2n) is 5.26. The number of halogens is 4. The first-order chi connectivity index (χ1) is 12.1. The number of methoxy groups -OCH3 is 1. The molecule has 0 spiro atoms. The molecule has 26 heavy (non-hydrogen) atoms. The van der Waals surface area contributed by atoms with Gasteiger partial charge in [-0.05, 0) is 35.9 Å². The van der Waals surface area contributed by atoms with Gasteiger partial charge in [0.25, 0.3) is 9.84 Å². The van der Waals surface area contributed by atoms with Crippen molar-refractivity contribution in [2.45, 2.75) is 16.5 Å². The maximum Gasteiger partial charge on any atom is 0.501 e. The van der Waals surface area contributed by atoms with Crippen LogP contribution in [0.1, 0.15) is 11.7 Å². The van der Waals surface area contributed by atoms with Crippen LogP contribution in [-0.4, -0.2) is 32.7 Å². The van der Waals surface area contributed by atoms with Crippen molar-refractivity contribution in [3.05, 3.63) is 53.8 Å². The highest BCUT2D eigenvalue weighted by Crippen LogP contribution is 2.35. The van der Waals surface area contributed by atoms with Crippen molar-refractivity contribution in [1.29, 1.82) is 0 Å². The number of alkyl halides is 3. The minimum Gasteiger partial charge on any atom is -0.497 e. The van der Waals surface area contributed by atoms with Crippen molar-refractivity contribution in [2.24, 2.45) is 0 Å². The predicted octanol–water partition coefficient (Wildman–Crippen LogP) is 3.27. The van der Waals surface area contributed by atoms with Crippen LogP contribution in [0.25, 0.3) is 0 Å². The molecule has 0 aromatic heterocycles. The van der Waals surface area contributed by atoms with Gasteiger partial charge in [-0.25, -0.2) is 12.8 Å².